The lowest BCUT2D eigenvalue weighted by molar-refractivity contribution is 0.432. The van der Waals surface area contributed by atoms with Gasteiger partial charge in [0.25, 0.3) is 0 Å². The van der Waals surface area contributed by atoms with E-state index in [9.17, 15) is 8.42 Å². The molecule has 0 atom stereocenters. The van der Waals surface area contributed by atoms with Crippen molar-refractivity contribution in [3.05, 3.63) is 102 Å². The van der Waals surface area contributed by atoms with Gasteiger partial charge in [-0.1, -0.05) is 72.3 Å². The summed E-state index contributed by atoms with van der Waals surface area (Å²) in [7, 11) is -3.55. The number of hydrogen-bond donors (Lipinski definition) is 0. The molecular formula is C25H21NO2S. The summed E-state index contributed by atoms with van der Waals surface area (Å²) in [6.45, 7) is 2.75. The molecule has 0 bridgehead atoms. The fraction of sp³-hybridized carbons (Fsp3) is 0.120. The number of fused-ring (bicyclic) bond motifs is 2. The largest absolute Gasteiger partial charge is 0.243 e. The highest BCUT2D eigenvalue weighted by molar-refractivity contribution is 7.89. The topological polar surface area (TPSA) is 37.4 Å². The summed E-state index contributed by atoms with van der Waals surface area (Å²) in [5.74, 6) is 0. The number of rotatable bonds is 3. The summed E-state index contributed by atoms with van der Waals surface area (Å²) in [6.07, 6.45) is 0. The van der Waals surface area contributed by atoms with Crippen molar-refractivity contribution < 1.29 is 8.42 Å². The lowest BCUT2D eigenvalue weighted by Gasteiger charge is -2.16. The monoisotopic (exact) mass is 399 g/mol. The number of benzene rings is 4. The fourth-order valence-corrected chi connectivity index (χ4v) is 5.54. The number of aryl methyl sites for hydroxylation is 1. The highest BCUT2D eigenvalue weighted by Gasteiger charge is 2.32. The van der Waals surface area contributed by atoms with Crippen molar-refractivity contribution in [2.24, 2.45) is 0 Å². The third kappa shape index (κ3) is 3.05. The van der Waals surface area contributed by atoms with Gasteiger partial charge in [-0.3, -0.25) is 0 Å². The zero-order valence-corrected chi connectivity index (χ0v) is 17.0. The predicted octanol–water partition coefficient (Wildman–Crippen LogP) is 5.52. The van der Waals surface area contributed by atoms with E-state index < -0.39 is 10.0 Å². The van der Waals surface area contributed by atoms with Crippen molar-refractivity contribution in [3.63, 3.8) is 0 Å². The second-order valence-electron chi connectivity index (χ2n) is 7.56. The number of nitrogens with zero attached hydrogens (tertiary/aromatic N) is 1. The van der Waals surface area contributed by atoms with E-state index in [2.05, 4.69) is 30.3 Å². The van der Waals surface area contributed by atoms with Crippen LogP contribution in [0.3, 0.4) is 0 Å². The Morgan fingerprint density at radius 1 is 0.793 bits per heavy atom. The fourth-order valence-electron chi connectivity index (χ4n) is 4.16. The Bertz CT molecular complexity index is 1310. The van der Waals surface area contributed by atoms with Gasteiger partial charge >= 0.3 is 0 Å². The minimum Gasteiger partial charge on any atom is -0.207 e. The van der Waals surface area contributed by atoms with E-state index in [-0.39, 0.29) is 0 Å². The van der Waals surface area contributed by atoms with Crippen LogP contribution < -0.4 is 0 Å². The Morgan fingerprint density at radius 3 is 2.24 bits per heavy atom. The molecule has 1 aliphatic heterocycles. The van der Waals surface area contributed by atoms with E-state index in [0.717, 1.165) is 38.6 Å². The minimum absolute atomic E-state index is 0.349. The molecule has 4 heteroatoms. The van der Waals surface area contributed by atoms with Gasteiger partial charge in [0.1, 0.15) is 0 Å². The maximum atomic E-state index is 13.3. The second-order valence-corrected chi connectivity index (χ2v) is 9.50. The van der Waals surface area contributed by atoms with Crippen molar-refractivity contribution in [2.45, 2.75) is 24.9 Å². The molecule has 1 heterocycles. The van der Waals surface area contributed by atoms with Crippen LogP contribution in [0.15, 0.2) is 89.8 Å². The van der Waals surface area contributed by atoms with Gasteiger partial charge in [0.15, 0.2) is 0 Å². The first kappa shape index (κ1) is 18.1. The van der Waals surface area contributed by atoms with Crippen LogP contribution in [0.25, 0.3) is 21.9 Å². The van der Waals surface area contributed by atoms with Gasteiger partial charge in [-0.2, -0.15) is 4.31 Å². The van der Waals surface area contributed by atoms with E-state index in [1.54, 1.807) is 16.4 Å². The third-order valence-corrected chi connectivity index (χ3v) is 7.46. The van der Waals surface area contributed by atoms with E-state index >= 15 is 0 Å². The summed E-state index contributed by atoms with van der Waals surface area (Å²) >= 11 is 0. The number of sulfonamides is 1. The van der Waals surface area contributed by atoms with Crippen LogP contribution in [0.2, 0.25) is 0 Å². The summed E-state index contributed by atoms with van der Waals surface area (Å²) in [6, 6.07) is 27.8. The van der Waals surface area contributed by atoms with Crippen LogP contribution in [0.1, 0.15) is 16.7 Å². The van der Waals surface area contributed by atoms with E-state index in [1.165, 1.54) is 0 Å². The smallest absolute Gasteiger partial charge is 0.207 e. The average Bonchev–Trinajstić information content (AvgIpc) is 3.17. The summed E-state index contributed by atoms with van der Waals surface area (Å²) in [5, 5.41) is 2.30. The van der Waals surface area contributed by atoms with E-state index in [0.29, 0.717) is 18.0 Å². The molecule has 5 rings (SSSR count). The molecule has 1 aliphatic rings. The summed E-state index contributed by atoms with van der Waals surface area (Å²) in [5.41, 5.74) is 5.49. The van der Waals surface area contributed by atoms with Crippen LogP contribution in [0.5, 0.6) is 0 Å². The number of hydrogen-bond acceptors (Lipinski definition) is 2. The zero-order valence-electron chi connectivity index (χ0n) is 16.2. The molecule has 0 amide bonds. The molecule has 0 unspecified atom stereocenters. The molecular weight excluding hydrogens is 378 g/mol. The first-order chi connectivity index (χ1) is 14.0. The normalized spacial score (nSPS) is 14.2. The van der Waals surface area contributed by atoms with E-state index in [4.69, 9.17) is 0 Å². The zero-order chi connectivity index (χ0) is 20.0. The van der Waals surface area contributed by atoms with Gasteiger partial charge in [0.2, 0.25) is 10.0 Å². The lowest BCUT2D eigenvalue weighted by atomic mass is 9.91. The van der Waals surface area contributed by atoms with Gasteiger partial charge in [0, 0.05) is 13.1 Å². The van der Waals surface area contributed by atoms with Crippen molar-refractivity contribution in [3.8, 4) is 11.1 Å². The molecule has 3 nitrogen and oxygen atoms in total. The first-order valence-electron chi connectivity index (χ1n) is 9.70. The minimum atomic E-state index is -3.55. The van der Waals surface area contributed by atoms with Crippen LogP contribution in [-0.2, 0) is 23.1 Å². The van der Waals surface area contributed by atoms with Crippen LogP contribution in [-0.4, -0.2) is 12.7 Å². The van der Waals surface area contributed by atoms with Gasteiger partial charge in [-0.25, -0.2) is 8.42 Å². The molecule has 0 aromatic heterocycles. The highest BCUT2D eigenvalue weighted by atomic mass is 32.2. The van der Waals surface area contributed by atoms with Crippen molar-refractivity contribution in [1.29, 1.82) is 0 Å². The van der Waals surface area contributed by atoms with Gasteiger partial charge in [-0.05, 0) is 58.1 Å². The van der Waals surface area contributed by atoms with Crippen molar-refractivity contribution in [2.75, 3.05) is 0 Å². The SMILES string of the molecule is Cc1ccc(S(=O)(=O)N2Cc3cc4ccccc4c(-c4ccccc4)c3C2)cc1. The summed E-state index contributed by atoms with van der Waals surface area (Å²) in [4.78, 5) is 0.349. The van der Waals surface area contributed by atoms with Gasteiger partial charge in [0.05, 0.1) is 4.90 Å². The van der Waals surface area contributed by atoms with E-state index in [1.807, 2.05) is 49.4 Å². The van der Waals surface area contributed by atoms with Crippen LogP contribution >= 0.6 is 0 Å². The van der Waals surface area contributed by atoms with Crippen LogP contribution in [0, 0.1) is 6.92 Å². The Balaban J connectivity index is 1.66. The maximum Gasteiger partial charge on any atom is 0.243 e. The molecule has 0 N–H and O–H groups in total. The van der Waals surface area contributed by atoms with Crippen molar-refractivity contribution in [1.82, 2.24) is 4.31 Å². The molecule has 0 saturated heterocycles. The Labute approximate surface area is 171 Å². The van der Waals surface area contributed by atoms with Gasteiger partial charge < -0.3 is 0 Å². The third-order valence-electron chi connectivity index (χ3n) is 5.65. The Kier molecular flexibility index (Phi) is 4.26. The molecule has 0 fully saturated rings. The molecule has 0 aliphatic carbocycles. The standard InChI is InChI=1S/C25H21NO2S/c1-18-11-13-22(14-12-18)29(27,28)26-16-21-15-20-9-5-6-10-23(20)25(24(21)17-26)19-7-3-2-4-8-19/h2-15H,16-17H2,1H3. The predicted molar refractivity (Wildman–Crippen MR) is 117 cm³/mol. The molecule has 29 heavy (non-hydrogen) atoms. The molecule has 4 aromatic carbocycles. The highest BCUT2D eigenvalue weighted by Crippen LogP contribution is 2.40. The molecule has 0 saturated carbocycles. The van der Waals surface area contributed by atoms with Gasteiger partial charge in [-0.15, -0.1) is 0 Å². The molecule has 0 spiro atoms. The second kappa shape index (κ2) is 6.83. The molecule has 4 aromatic rings. The summed E-state index contributed by atoms with van der Waals surface area (Å²) < 4.78 is 28.2. The Hall–Kier alpha value is -2.95. The Morgan fingerprint density at radius 2 is 1.48 bits per heavy atom. The lowest BCUT2D eigenvalue weighted by Crippen LogP contribution is -2.25. The van der Waals surface area contributed by atoms with Crippen molar-refractivity contribution >= 4 is 20.8 Å². The molecule has 0 radical (unpaired) electrons. The first-order valence-corrected chi connectivity index (χ1v) is 11.1. The molecule has 144 valence electrons. The maximum absolute atomic E-state index is 13.3. The van der Waals surface area contributed by atoms with Crippen LogP contribution in [0.4, 0.5) is 0 Å². The average molecular weight is 400 g/mol. The quantitative estimate of drug-likeness (QED) is 0.455.